The number of hydrogen-bond acceptors (Lipinski definition) is 1. The predicted octanol–water partition coefficient (Wildman–Crippen LogP) is 4.67. The predicted molar refractivity (Wildman–Crippen MR) is 73.2 cm³/mol. The highest BCUT2D eigenvalue weighted by Gasteiger charge is 2.12. The Bertz CT molecular complexity index is 388. The van der Waals surface area contributed by atoms with Crippen LogP contribution in [0, 0.1) is 0 Å². The minimum Gasteiger partial charge on any atom is -0.383 e. The number of halogens is 1. The smallest absolute Gasteiger partial charge is 0.107 e. The van der Waals surface area contributed by atoms with Crippen molar-refractivity contribution in [2.45, 2.75) is 38.7 Å². The Morgan fingerprint density at radius 3 is 2.53 bits per heavy atom. The first-order valence-corrected chi connectivity index (χ1v) is 6.39. The molecule has 1 aromatic rings. The molecule has 92 valence electrons. The Labute approximate surface area is 108 Å². The Kier molecular flexibility index (Phi) is 6.07. The van der Waals surface area contributed by atoms with Crippen LogP contribution in [0.4, 0.5) is 0 Å². The molecular weight excluding hydrogens is 232 g/mol. The lowest BCUT2D eigenvalue weighted by atomic mass is 9.97. The van der Waals surface area contributed by atoms with Crippen LogP contribution >= 0.6 is 11.6 Å². The highest BCUT2D eigenvalue weighted by atomic mass is 35.5. The topological polar surface area (TPSA) is 20.2 Å². The van der Waals surface area contributed by atoms with Crippen LogP contribution in [0.2, 0.25) is 5.02 Å². The molecule has 0 radical (unpaired) electrons. The zero-order valence-electron chi connectivity index (χ0n) is 10.2. The largest absolute Gasteiger partial charge is 0.383 e. The molecule has 0 aliphatic carbocycles. The molecule has 0 saturated heterocycles. The molecule has 0 aliphatic rings. The van der Waals surface area contributed by atoms with Crippen LogP contribution in [0.25, 0.3) is 0 Å². The summed E-state index contributed by atoms with van der Waals surface area (Å²) in [4.78, 5) is 0. The van der Waals surface area contributed by atoms with Crippen molar-refractivity contribution in [3.8, 4) is 0 Å². The highest BCUT2D eigenvalue weighted by molar-refractivity contribution is 6.30. The van der Waals surface area contributed by atoms with Gasteiger partial charge in [0.05, 0.1) is 0 Å². The molecule has 1 N–H and O–H groups in total. The normalized spacial score (nSPS) is 11.9. The fourth-order valence-corrected chi connectivity index (χ4v) is 1.86. The number of benzene rings is 1. The Balaban J connectivity index is 2.69. The van der Waals surface area contributed by atoms with Gasteiger partial charge in [-0.25, -0.2) is 0 Å². The van der Waals surface area contributed by atoms with Gasteiger partial charge in [-0.15, -0.1) is 5.73 Å². The quantitative estimate of drug-likeness (QED) is 0.575. The number of hydrogen-bond donors (Lipinski definition) is 1. The van der Waals surface area contributed by atoms with E-state index in [1.165, 1.54) is 12.8 Å². The first-order valence-electron chi connectivity index (χ1n) is 6.01. The third-order valence-electron chi connectivity index (χ3n) is 2.79. The minimum absolute atomic E-state index is 0.610. The molecule has 0 fully saturated rings. The van der Waals surface area contributed by atoms with E-state index < -0.39 is 6.10 Å². The molecule has 0 amide bonds. The number of unbranched alkanes of at least 4 members (excludes halogenated alkanes) is 2. The first kappa shape index (κ1) is 14.1. The van der Waals surface area contributed by atoms with Crippen molar-refractivity contribution in [3.05, 3.63) is 52.7 Å². The molecule has 0 aromatic heterocycles. The molecule has 1 nitrogen and oxygen atoms in total. The summed E-state index contributed by atoms with van der Waals surface area (Å²) in [5.41, 5.74) is 4.56. The molecule has 0 heterocycles. The third-order valence-corrected chi connectivity index (χ3v) is 3.04. The van der Waals surface area contributed by atoms with Crippen molar-refractivity contribution in [3.63, 3.8) is 0 Å². The van der Waals surface area contributed by atoms with Crippen LogP contribution in [0.3, 0.4) is 0 Å². The first-order chi connectivity index (χ1) is 8.19. The minimum atomic E-state index is -0.610. The third kappa shape index (κ3) is 4.40. The highest BCUT2D eigenvalue weighted by Crippen LogP contribution is 2.25. The summed E-state index contributed by atoms with van der Waals surface area (Å²) < 4.78 is 0. The van der Waals surface area contributed by atoms with Crippen molar-refractivity contribution in [2.24, 2.45) is 0 Å². The van der Waals surface area contributed by atoms with Gasteiger partial charge in [0.15, 0.2) is 0 Å². The molecule has 1 unspecified atom stereocenters. The van der Waals surface area contributed by atoms with E-state index in [-0.39, 0.29) is 0 Å². The maximum absolute atomic E-state index is 10.2. The van der Waals surface area contributed by atoms with Gasteiger partial charge in [0, 0.05) is 10.6 Å². The van der Waals surface area contributed by atoms with E-state index in [2.05, 4.69) is 19.2 Å². The summed E-state index contributed by atoms with van der Waals surface area (Å²) in [6.07, 6.45) is 3.64. The van der Waals surface area contributed by atoms with Crippen LogP contribution in [0.1, 0.15) is 44.3 Å². The summed E-state index contributed by atoms with van der Waals surface area (Å²) in [6, 6.07) is 7.24. The van der Waals surface area contributed by atoms with Crippen molar-refractivity contribution >= 4 is 11.6 Å². The lowest BCUT2D eigenvalue weighted by Crippen LogP contribution is -2.01. The van der Waals surface area contributed by atoms with E-state index in [0.29, 0.717) is 5.02 Å². The van der Waals surface area contributed by atoms with Crippen LogP contribution in [0.5, 0.6) is 0 Å². The molecule has 0 aliphatic heterocycles. The number of aliphatic hydroxyl groups is 1. The van der Waals surface area contributed by atoms with Crippen molar-refractivity contribution in [2.75, 3.05) is 0 Å². The van der Waals surface area contributed by atoms with Crippen LogP contribution in [-0.4, -0.2) is 5.11 Å². The van der Waals surface area contributed by atoms with Gasteiger partial charge in [-0.1, -0.05) is 50.1 Å². The maximum Gasteiger partial charge on any atom is 0.107 e. The summed E-state index contributed by atoms with van der Waals surface area (Å²) >= 11 is 5.82. The second-order valence-corrected chi connectivity index (χ2v) is 4.55. The molecule has 1 aromatic carbocycles. The monoisotopic (exact) mass is 250 g/mol. The molecule has 17 heavy (non-hydrogen) atoms. The fraction of sp³-hybridized carbons (Fsp3) is 0.400. The zero-order chi connectivity index (χ0) is 12.7. The summed E-state index contributed by atoms with van der Waals surface area (Å²) in [7, 11) is 0. The van der Waals surface area contributed by atoms with E-state index in [1.807, 2.05) is 12.1 Å². The molecule has 1 atom stereocenters. The van der Waals surface area contributed by atoms with E-state index in [1.54, 1.807) is 12.1 Å². The Hall–Kier alpha value is -1.01. The van der Waals surface area contributed by atoms with Gasteiger partial charge in [0.25, 0.3) is 0 Å². The van der Waals surface area contributed by atoms with Crippen LogP contribution in [-0.2, 0) is 0 Å². The van der Waals surface area contributed by atoms with Gasteiger partial charge in [0.2, 0.25) is 0 Å². The van der Waals surface area contributed by atoms with Crippen molar-refractivity contribution < 1.29 is 5.11 Å². The molecule has 1 rings (SSSR count). The van der Waals surface area contributed by atoms with Gasteiger partial charge in [-0.2, -0.15) is 0 Å². The SMILES string of the molecule is C=C=C(CCCCC)C(O)c1ccc(Cl)cc1. The molecule has 0 bridgehead atoms. The Morgan fingerprint density at radius 1 is 1.35 bits per heavy atom. The van der Waals surface area contributed by atoms with Crippen LogP contribution in [0.15, 0.2) is 42.1 Å². The van der Waals surface area contributed by atoms with Gasteiger partial charge in [-0.05, 0) is 30.5 Å². The summed E-state index contributed by atoms with van der Waals surface area (Å²) in [5, 5.41) is 10.9. The van der Waals surface area contributed by atoms with Gasteiger partial charge in [0.1, 0.15) is 6.10 Å². The average molecular weight is 251 g/mol. The molecule has 2 heteroatoms. The fourth-order valence-electron chi connectivity index (χ4n) is 1.73. The average Bonchev–Trinajstić information content (AvgIpc) is 2.35. The molecule has 0 spiro atoms. The number of rotatable bonds is 6. The van der Waals surface area contributed by atoms with E-state index in [4.69, 9.17) is 11.6 Å². The van der Waals surface area contributed by atoms with Crippen LogP contribution < -0.4 is 0 Å². The summed E-state index contributed by atoms with van der Waals surface area (Å²) in [5.74, 6) is 0. The van der Waals surface area contributed by atoms with Gasteiger partial charge in [-0.3, -0.25) is 0 Å². The lowest BCUT2D eigenvalue weighted by Gasteiger charge is -2.13. The van der Waals surface area contributed by atoms with Crippen molar-refractivity contribution in [1.82, 2.24) is 0 Å². The Morgan fingerprint density at radius 2 is 2.00 bits per heavy atom. The molecular formula is C15H19ClO. The van der Waals surface area contributed by atoms with E-state index in [9.17, 15) is 5.11 Å². The van der Waals surface area contributed by atoms with Gasteiger partial charge < -0.3 is 5.11 Å². The number of aliphatic hydroxyl groups excluding tert-OH is 1. The van der Waals surface area contributed by atoms with E-state index in [0.717, 1.165) is 24.0 Å². The van der Waals surface area contributed by atoms with E-state index >= 15 is 0 Å². The van der Waals surface area contributed by atoms with Gasteiger partial charge >= 0.3 is 0 Å². The van der Waals surface area contributed by atoms with Crippen molar-refractivity contribution in [1.29, 1.82) is 0 Å². The lowest BCUT2D eigenvalue weighted by molar-refractivity contribution is 0.211. The maximum atomic E-state index is 10.2. The molecule has 0 saturated carbocycles. The standard InChI is InChI=1S/C15H19ClO/c1-3-5-6-7-12(4-2)15(17)13-8-10-14(16)11-9-13/h8-11,15,17H,2-3,5-7H2,1H3. The second kappa shape index (κ2) is 7.34. The zero-order valence-corrected chi connectivity index (χ0v) is 11.0. The summed E-state index contributed by atoms with van der Waals surface area (Å²) in [6.45, 7) is 5.82. The second-order valence-electron chi connectivity index (χ2n) is 4.11.